The topological polar surface area (TPSA) is 91.7 Å². The Hall–Kier alpha value is -4.11. The highest BCUT2D eigenvalue weighted by Crippen LogP contribution is 2.29. The first kappa shape index (κ1) is 22.1. The van der Waals surface area contributed by atoms with E-state index in [4.69, 9.17) is 14.2 Å². The van der Waals surface area contributed by atoms with Gasteiger partial charge in [0, 0.05) is 12.1 Å². The lowest BCUT2D eigenvalue weighted by Crippen LogP contribution is -2.22. The average Bonchev–Trinajstić information content (AvgIpc) is 3.53. The monoisotopic (exact) mass is 463 g/mol. The number of amides is 1. The zero-order chi connectivity index (χ0) is 23.2. The molecule has 168 valence electrons. The van der Waals surface area contributed by atoms with Gasteiger partial charge in [-0.05, 0) is 35.7 Å². The van der Waals surface area contributed by atoms with Gasteiger partial charge in [0.25, 0.3) is 5.91 Å². The van der Waals surface area contributed by atoms with E-state index in [1.165, 1.54) is 30.2 Å². The third-order valence-corrected chi connectivity index (χ3v) is 5.60. The van der Waals surface area contributed by atoms with Crippen molar-refractivity contribution in [3.63, 3.8) is 0 Å². The predicted octanol–water partition coefficient (Wildman–Crippen LogP) is 4.41. The SMILES string of the molecule is COc1ccc(NC(=O)COC(=O)c2cc(-c3cccs3)nn2-c2ccccc2)c(OC)c1. The highest BCUT2D eigenvalue weighted by atomic mass is 32.1. The van der Waals surface area contributed by atoms with E-state index in [0.717, 1.165) is 4.88 Å². The molecule has 8 nitrogen and oxygen atoms in total. The van der Waals surface area contributed by atoms with Crippen LogP contribution in [0.2, 0.25) is 0 Å². The summed E-state index contributed by atoms with van der Waals surface area (Å²) >= 11 is 1.52. The first-order chi connectivity index (χ1) is 16.1. The average molecular weight is 464 g/mol. The van der Waals surface area contributed by atoms with Crippen LogP contribution in [0.15, 0.2) is 72.1 Å². The lowest BCUT2D eigenvalue weighted by atomic mass is 10.2. The van der Waals surface area contributed by atoms with E-state index < -0.39 is 18.5 Å². The Balaban J connectivity index is 1.50. The molecule has 2 heterocycles. The maximum absolute atomic E-state index is 12.9. The minimum absolute atomic E-state index is 0.222. The van der Waals surface area contributed by atoms with Crippen molar-refractivity contribution in [1.29, 1.82) is 0 Å². The first-order valence-corrected chi connectivity index (χ1v) is 10.9. The molecule has 0 saturated heterocycles. The van der Waals surface area contributed by atoms with Gasteiger partial charge in [-0.2, -0.15) is 5.10 Å². The van der Waals surface area contributed by atoms with E-state index in [2.05, 4.69) is 10.4 Å². The molecule has 4 rings (SSSR count). The Morgan fingerprint density at radius 2 is 1.82 bits per heavy atom. The first-order valence-electron chi connectivity index (χ1n) is 9.97. The molecular formula is C24H21N3O5S. The quantitative estimate of drug-likeness (QED) is 0.389. The number of benzene rings is 2. The Bertz CT molecular complexity index is 1250. The molecule has 0 bridgehead atoms. The number of nitrogens with one attached hydrogen (secondary N) is 1. The number of rotatable bonds is 8. The minimum Gasteiger partial charge on any atom is -0.497 e. The van der Waals surface area contributed by atoms with Crippen LogP contribution in [0.1, 0.15) is 10.5 Å². The summed E-state index contributed by atoms with van der Waals surface area (Å²) in [7, 11) is 3.02. The van der Waals surface area contributed by atoms with E-state index >= 15 is 0 Å². The molecule has 2 aromatic heterocycles. The highest BCUT2D eigenvalue weighted by molar-refractivity contribution is 7.13. The van der Waals surface area contributed by atoms with Crippen LogP contribution in [0, 0.1) is 0 Å². The summed E-state index contributed by atoms with van der Waals surface area (Å²) in [6.07, 6.45) is 0. The second-order valence-electron chi connectivity index (χ2n) is 6.83. The van der Waals surface area contributed by atoms with E-state index in [-0.39, 0.29) is 5.69 Å². The van der Waals surface area contributed by atoms with Gasteiger partial charge in [0.1, 0.15) is 17.2 Å². The Labute approximate surface area is 194 Å². The molecule has 0 unspecified atom stereocenters. The summed E-state index contributed by atoms with van der Waals surface area (Å²) in [5, 5.41) is 9.19. The van der Waals surface area contributed by atoms with E-state index in [0.29, 0.717) is 28.6 Å². The number of thiophene rings is 1. The number of hydrogen-bond donors (Lipinski definition) is 1. The number of ether oxygens (including phenoxy) is 3. The molecule has 0 aliphatic rings. The third-order valence-electron chi connectivity index (χ3n) is 4.71. The van der Waals surface area contributed by atoms with E-state index in [9.17, 15) is 9.59 Å². The van der Waals surface area contributed by atoms with Crippen molar-refractivity contribution < 1.29 is 23.8 Å². The fourth-order valence-corrected chi connectivity index (χ4v) is 3.81. The Morgan fingerprint density at radius 3 is 2.52 bits per heavy atom. The minimum atomic E-state index is -0.661. The zero-order valence-corrected chi connectivity index (χ0v) is 18.8. The van der Waals surface area contributed by atoms with Crippen molar-refractivity contribution >= 4 is 28.9 Å². The number of hydrogen-bond acceptors (Lipinski definition) is 7. The Morgan fingerprint density at radius 1 is 1.00 bits per heavy atom. The molecule has 9 heteroatoms. The van der Waals surface area contributed by atoms with Crippen LogP contribution in [0.4, 0.5) is 5.69 Å². The van der Waals surface area contributed by atoms with Crippen molar-refractivity contribution in [2.24, 2.45) is 0 Å². The van der Waals surface area contributed by atoms with Gasteiger partial charge in [0.2, 0.25) is 0 Å². The number of nitrogens with zero attached hydrogens (tertiary/aromatic N) is 2. The predicted molar refractivity (Wildman–Crippen MR) is 125 cm³/mol. The van der Waals surface area contributed by atoms with Crippen molar-refractivity contribution in [3.8, 4) is 27.8 Å². The van der Waals surface area contributed by atoms with E-state index in [1.807, 2.05) is 47.8 Å². The number of methoxy groups -OCH3 is 2. The van der Waals surface area contributed by atoms with Crippen LogP contribution in [0.25, 0.3) is 16.3 Å². The fourth-order valence-electron chi connectivity index (χ4n) is 3.13. The fraction of sp³-hybridized carbons (Fsp3) is 0.125. The second-order valence-corrected chi connectivity index (χ2v) is 7.78. The number of anilines is 1. The second kappa shape index (κ2) is 10.0. The number of carbonyl (C=O) groups excluding carboxylic acids is 2. The summed E-state index contributed by atoms with van der Waals surface area (Å²) in [4.78, 5) is 26.2. The molecule has 0 fully saturated rings. The maximum Gasteiger partial charge on any atom is 0.357 e. The van der Waals surface area contributed by atoms with Crippen molar-refractivity contribution in [2.45, 2.75) is 0 Å². The van der Waals surface area contributed by atoms with Crippen LogP contribution in [0.5, 0.6) is 11.5 Å². The molecule has 1 N–H and O–H groups in total. The van der Waals surface area contributed by atoms with Gasteiger partial charge in [-0.25, -0.2) is 9.48 Å². The maximum atomic E-state index is 12.9. The zero-order valence-electron chi connectivity index (χ0n) is 18.0. The molecule has 0 saturated carbocycles. The normalized spacial score (nSPS) is 10.5. The van der Waals surface area contributed by atoms with Crippen LogP contribution in [0.3, 0.4) is 0 Å². The van der Waals surface area contributed by atoms with Crippen molar-refractivity contribution in [1.82, 2.24) is 9.78 Å². The number of carbonyl (C=O) groups is 2. The lowest BCUT2D eigenvalue weighted by Gasteiger charge is -2.12. The van der Waals surface area contributed by atoms with Gasteiger partial charge in [-0.15, -0.1) is 11.3 Å². The van der Waals surface area contributed by atoms with Crippen molar-refractivity contribution in [3.05, 3.63) is 77.8 Å². The van der Waals surface area contributed by atoms with Gasteiger partial charge in [-0.1, -0.05) is 24.3 Å². The molecule has 0 atom stereocenters. The largest absolute Gasteiger partial charge is 0.497 e. The van der Waals surface area contributed by atoms with Crippen LogP contribution < -0.4 is 14.8 Å². The number of para-hydroxylation sites is 1. The van der Waals surface area contributed by atoms with Crippen LogP contribution >= 0.6 is 11.3 Å². The molecule has 33 heavy (non-hydrogen) atoms. The van der Waals surface area contributed by atoms with Crippen LogP contribution in [-0.4, -0.2) is 42.5 Å². The standard InChI is InChI=1S/C24H21N3O5S/c1-30-17-10-11-18(21(13-17)31-2)25-23(28)15-32-24(29)20-14-19(22-9-6-12-33-22)26-27(20)16-7-4-3-5-8-16/h3-14H,15H2,1-2H3,(H,25,28). The van der Waals surface area contributed by atoms with Gasteiger partial charge in [0.15, 0.2) is 12.3 Å². The van der Waals surface area contributed by atoms with Gasteiger partial charge in [-0.3, -0.25) is 4.79 Å². The highest BCUT2D eigenvalue weighted by Gasteiger charge is 2.20. The number of esters is 1. The molecular weight excluding hydrogens is 442 g/mol. The summed E-state index contributed by atoms with van der Waals surface area (Å²) in [5.41, 5.74) is 2.01. The summed E-state index contributed by atoms with van der Waals surface area (Å²) in [6.45, 7) is -0.470. The molecule has 0 spiro atoms. The van der Waals surface area contributed by atoms with Gasteiger partial charge < -0.3 is 19.5 Å². The molecule has 2 aromatic carbocycles. The van der Waals surface area contributed by atoms with Gasteiger partial charge >= 0.3 is 5.97 Å². The van der Waals surface area contributed by atoms with Crippen molar-refractivity contribution in [2.75, 3.05) is 26.1 Å². The number of aromatic nitrogens is 2. The van der Waals surface area contributed by atoms with Gasteiger partial charge in [0.05, 0.1) is 30.5 Å². The smallest absolute Gasteiger partial charge is 0.357 e. The summed E-state index contributed by atoms with van der Waals surface area (Å²) < 4.78 is 17.2. The molecule has 0 aliphatic heterocycles. The van der Waals surface area contributed by atoms with Crippen LogP contribution in [-0.2, 0) is 9.53 Å². The molecule has 1 amide bonds. The molecule has 4 aromatic rings. The lowest BCUT2D eigenvalue weighted by molar-refractivity contribution is -0.119. The summed E-state index contributed by atoms with van der Waals surface area (Å²) in [5.74, 6) is -0.147. The third kappa shape index (κ3) is 5.04. The molecule has 0 aliphatic carbocycles. The summed E-state index contributed by atoms with van der Waals surface area (Å²) in [6, 6.07) is 19.7. The van der Waals surface area contributed by atoms with E-state index in [1.54, 1.807) is 24.3 Å². The Kier molecular flexibility index (Phi) is 6.70. The molecule has 0 radical (unpaired) electrons.